The summed E-state index contributed by atoms with van der Waals surface area (Å²) in [6, 6.07) is 4.89. The molecule has 1 heterocycles. The Bertz CT molecular complexity index is 643. The molecule has 0 radical (unpaired) electrons. The highest BCUT2D eigenvalue weighted by Crippen LogP contribution is 2.33. The van der Waals surface area contributed by atoms with Crippen LogP contribution in [-0.4, -0.2) is 20.8 Å². The Labute approximate surface area is 119 Å². The van der Waals surface area contributed by atoms with Crippen LogP contribution < -0.4 is 5.32 Å². The van der Waals surface area contributed by atoms with E-state index >= 15 is 0 Å². The van der Waals surface area contributed by atoms with Gasteiger partial charge in [0.25, 0.3) is 0 Å². The molecule has 0 spiro atoms. The first-order valence-corrected chi connectivity index (χ1v) is 6.10. The van der Waals surface area contributed by atoms with Gasteiger partial charge >= 0.3 is 6.18 Å². The third-order valence-electron chi connectivity index (χ3n) is 2.79. The van der Waals surface area contributed by atoms with Gasteiger partial charge in [0.1, 0.15) is 12.7 Å². The van der Waals surface area contributed by atoms with Crippen LogP contribution in [0.2, 0.25) is 0 Å². The molecule has 1 aromatic carbocycles. The van der Waals surface area contributed by atoms with E-state index in [-0.39, 0.29) is 6.04 Å². The van der Waals surface area contributed by atoms with Crippen LogP contribution in [0.15, 0.2) is 30.9 Å². The van der Waals surface area contributed by atoms with Crippen molar-refractivity contribution in [2.45, 2.75) is 25.7 Å². The molecule has 0 aliphatic carbocycles. The minimum absolute atomic E-state index is 0.0880. The number of anilines is 1. The van der Waals surface area contributed by atoms with Gasteiger partial charge in [-0.2, -0.15) is 23.5 Å². The molecule has 5 nitrogen and oxygen atoms in total. The fraction of sp³-hybridized carbons (Fsp3) is 0.308. The van der Waals surface area contributed by atoms with Crippen molar-refractivity contribution in [3.05, 3.63) is 42.0 Å². The van der Waals surface area contributed by atoms with Crippen molar-refractivity contribution in [3.8, 4) is 6.07 Å². The highest BCUT2D eigenvalue weighted by Gasteiger charge is 2.33. The van der Waals surface area contributed by atoms with Crippen LogP contribution in [0.1, 0.15) is 18.1 Å². The van der Waals surface area contributed by atoms with Gasteiger partial charge in [0.2, 0.25) is 0 Å². The Kier molecular flexibility index (Phi) is 4.12. The third kappa shape index (κ3) is 3.72. The molecular weight excluding hydrogens is 283 g/mol. The molecule has 1 atom stereocenters. The van der Waals surface area contributed by atoms with Gasteiger partial charge in [-0.1, -0.05) is 0 Å². The Morgan fingerprint density at radius 1 is 1.43 bits per heavy atom. The number of nitrogens with one attached hydrogen (secondary N) is 1. The molecule has 1 N–H and O–H groups in total. The molecule has 0 bridgehead atoms. The van der Waals surface area contributed by atoms with E-state index in [4.69, 9.17) is 5.26 Å². The van der Waals surface area contributed by atoms with E-state index in [1.807, 2.05) is 6.92 Å². The topological polar surface area (TPSA) is 66.5 Å². The maximum Gasteiger partial charge on any atom is 0.417 e. The molecule has 1 aromatic heterocycles. The molecule has 0 aliphatic heterocycles. The first-order valence-electron chi connectivity index (χ1n) is 6.10. The monoisotopic (exact) mass is 295 g/mol. The van der Waals surface area contributed by atoms with Gasteiger partial charge in [-0.05, 0) is 25.1 Å². The number of alkyl halides is 3. The standard InChI is InChI=1S/C13H12F3N5/c1-9(6-21-8-18-7-19-21)20-11-2-3-12(13(14,15)16)10(4-11)5-17/h2-4,7-9,20H,6H2,1H3/t9-/m1/s1. The second-order valence-electron chi connectivity index (χ2n) is 4.53. The molecule has 0 unspecified atom stereocenters. The molecule has 0 saturated heterocycles. The second kappa shape index (κ2) is 5.83. The minimum Gasteiger partial charge on any atom is -0.381 e. The first-order chi connectivity index (χ1) is 9.90. The molecule has 21 heavy (non-hydrogen) atoms. The van der Waals surface area contributed by atoms with Crippen molar-refractivity contribution in [3.63, 3.8) is 0 Å². The fourth-order valence-electron chi connectivity index (χ4n) is 1.91. The normalized spacial score (nSPS) is 12.7. The smallest absolute Gasteiger partial charge is 0.381 e. The van der Waals surface area contributed by atoms with Crippen LogP contribution in [0.3, 0.4) is 0 Å². The van der Waals surface area contributed by atoms with E-state index in [1.165, 1.54) is 18.5 Å². The van der Waals surface area contributed by atoms with Crippen LogP contribution in [0.25, 0.3) is 0 Å². The molecule has 8 heteroatoms. The van der Waals surface area contributed by atoms with Crippen molar-refractivity contribution < 1.29 is 13.2 Å². The lowest BCUT2D eigenvalue weighted by atomic mass is 10.1. The van der Waals surface area contributed by atoms with Gasteiger partial charge in [0, 0.05) is 11.7 Å². The van der Waals surface area contributed by atoms with Crippen molar-refractivity contribution in [2.75, 3.05) is 5.32 Å². The van der Waals surface area contributed by atoms with E-state index in [0.29, 0.717) is 12.2 Å². The predicted molar refractivity (Wildman–Crippen MR) is 69.3 cm³/mol. The van der Waals surface area contributed by atoms with E-state index in [1.54, 1.807) is 17.1 Å². The maximum atomic E-state index is 12.7. The average Bonchev–Trinajstić information content (AvgIpc) is 2.89. The minimum atomic E-state index is -4.53. The number of nitrogens with zero attached hydrogens (tertiary/aromatic N) is 4. The molecule has 2 aromatic rings. The number of halogens is 3. The molecule has 0 saturated carbocycles. The van der Waals surface area contributed by atoms with Crippen LogP contribution in [0, 0.1) is 11.3 Å². The molecule has 110 valence electrons. The fourth-order valence-corrected chi connectivity index (χ4v) is 1.91. The van der Waals surface area contributed by atoms with E-state index in [2.05, 4.69) is 15.4 Å². The van der Waals surface area contributed by atoms with E-state index < -0.39 is 17.3 Å². The zero-order chi connectivity index (χ0) is 15.5. The lowest BCUT2D eigenvalue weighted by Gasteiger charge is -2.16. The van der Waals surface area contributed by atoms with Crippen molar-refractivity contribution >= 4 is 5.69 Å². The molecule has 2 rings (SSSR count). The van der Waals surface area contributed by atoms with E-state index in [0.717, 1.165) is 6.07 Å². The zero-order valence-corrected chi connectivity index (χ0v) is 11.1. The number of aromatic nitrogens is 3. The van der Waals surface area contributed by atoms with Crippen LogP contribution in [-0.2, 0) is 12.7 Å². The lowest BCUT2D eigenvalue weighted by molar-refractivity contribution is -0.137. The summed E-state index contributed by atoms with van der Waals surface area (Å²) >= 11 is 0. The summed E-state index contributed by atoms with van der Waals surface area (Å²) in [6.45, 7) is 2.36. The highest BCUT2D eigenvalue weighted by molar-refractivity contribution is 5.54. The Balaban J connectivity index is 2.13. The lowest BCUT2D eigenvalue weighted by Crippen LogP contribution is -2.22. The Hall–Kier alpha value is -2.56. The van der Waals surface area contributed by atoms with E-state index in [9.17, 15) is 13.2 Å². The summed E-state index contributed by atoms with van der Waals surface area (Å²) in [5, 5.41) is 15.8. The predicted octanol–water partition coefficient (Wildman–Crippen LogP) is 2.67. The van der Waals surface area contributed by atoms with Crippen LogP contribution in [0.5, 0.6) is 0 Å². The highest BCUT2D eigenvalue weighted by atomic mass is 19.4. The maximum absolute atomic E-state index is 12.7. The molecular formula is C13H12F3N5. The largest absolute Gasteiger partial charge is 0.417 e. The molecule has 0 aliphatic rings. The third-order valence-corrected chi connectivity index (χ3v) is 2.79. The number of rotatable bonds is 4. The Morgan fingerprint density at radius 3 is 2.76 bits per heavy atom. The molecule has 0 amide bonds. The summed E-state index contributed by atoms with van der Waals surface area (Å²) < 4.78 is 39.7. The van der Waals surface area contributed by atoms with Gasteiger partial charge in [-0.15, -0.1) is 0 Å². The van der Waals surface area contributed by atoms with Crippen molar-refractivity contribution in [2.24, 2.45) is 0 Å². The summed E-state index contributed by atoms with van der Waals surface area (Å²) in [6.07, 6.45) is -1.58. The summed E-state index contributed by atoms with van der Waals surface area (Å²) in [5.41, 5.74) is -0.882. The van der Waals surface area contributed by atoms with Gasteiger partial charge in [-0.3, -0.25) is 4.68 Å². The van der Waals surface area contributed by atoms with Crippen molar-refractivity contribution in [1.29, 1.82) is 5.26 Å². The van der Waals surface area contributed by atoms with Crippen molar-refractivity contribution in [1.82, 2.24) is 14.8 Å². The molecule has 0 fully saturated rings. The first kappa shape index (κ1) is 14.8. The number of hydrogen-bond acceptors (Lipinski definition) is 4. The average molecular weight is 295 g/mol. The summed E-state index contributed by atoms with van der Waals surface area (Å²) in [5.74, 6) is 0. The van der Waals surface area contributed by atoms with Crippen LogP contribution >= 0.6 is 0 Å². The summed E-state index contributed by atoms with van der Waals surface area (Å²) in [4.78, 5) is 3.80. The summed E-state index contributed by atoms with van der Waals surface area (Å²) in [7, 11) is 0. The van der Waals surface area contributed by atoms with Gasteiger partial charge < -0.3 is 5.32 Å². The second-order valence-corrected chi connectivity index (χ2v) is 4.53. The Morgan fingerprint density at radius 2 is 2.19 bits per heavy atom. The number of hydrogen-bond donors (Lipinski definition) is 1. The SMILES string of the molecule is C[C@H](Cn1cncn1)Nc1ccc(C(F)(F)F)c(C#N)c1. The van der Waals surface area contributed by atoms with Gasteiger partial charge in [0.05, 0.1) is 23.7 Å². The van der Waals surface area contributed by atoms with Crippen LogP contribution in [0.4, 0.5) is 18.9 Å². The number of benzene rings is 1. The quantitative estimate of drug-likeness (QED) is 0.941. The van der Waals surface area contributed by atoms with Gasteiger partial charge in [-0.25, -0.2) is 4.98 Å². The van der Waals surface area contributed by atoms with Gasteiger partial charge in [0.15, 0.2) is 0 Å². The number of nitriles is 1. The zero-order valence-electron chi connectivity index (χ0n) is 11.1.